The quantitative estimate of drug-likeness (QED) is 0.492. The zero-order valence-electron chi connectivity index (χ0n) is 8.01. The summed E-state index contributed by atoms with van der Waals surface area (Å²) in [5, 5.41) is 12.6. The second-order valence-electron chi connectivity index (χ2n) is 3.09. The third-order valence-electron chi connectivity index (χ3n) is 1.95. The number of rotatable bonds is 3. The van der Waals surface area contributed by atoms with Gasteiger partial charge in [-0.15, -0.1) is 4.33 Å². The van der Waals surface area contributed by atoms with Crippen molar-refractivity contribution in [3.8, 4) is 0 Å². The van der Waals surface area contributed by atoms with Gasteiger partial charge in [0, 0.05) is 16.5 Å². The van der Waals surface area contributed by atoms with E-state index in [4.69, 9.17) is 5.26 Å². The predicted molar refractivity (Wildman–Crippen MR) is 57.1 cm³/mol. The van der Waals surface area contributed by atoms with E-state index in [1.807, 2.05) is 37.4 Å². The van der Waals surface area contributed by atoms with Crippen molar-refractivity contribution >= 4 is 22.9 Å². The highest BCUT2D eigenvalue weighted by molar-refractivity contribution is 7.94. The van der Waals surface area contributed by atoms with E-state index in [0.717, 1.165) is 33.4 Å². The molecule has 15 heavy (non-hydrogen) atoms. The lowest BCUT2D eigenvalue weighted by Crippen LogP contribution is -1.83. The maximum absolute atomic E-state index is 8.03. The molecule has 1 heterocycles. The number of aryl methyl sites for hydroxylation is 1. The fourth-order valence-corrected chi connectivity index (χ4v) is 1.73. The lowest BCUT2D eigenvalue weighted by molar-refractivity contribution is -0.432. The van der Waals surface area contributed by atoms with Crippen LogP contribution in [0.2, 0.25) is 0 Å². The monoisotopic (exact) mass is 223 g/mol. The fraction of sp³-hybridized carbons (Fsp3) is 0.100. The molecule has 0 saturated heterocycles. The van der Waals surface area contributed by atoms with Gasteiger partial charge in [-0.1, -0.05) is 5.04 Å². The summed E-state index contributed by atoms with van der Waals surface area (Å²) in [6, 6.07) is 7.68. The molecule has 0 spiro atoms. The number of pyridine rings is 1. The molecule has 0 atom stereocenters. The first kappa shape index (κ1) is 10.4. The van der Waals surface area contributed by atoms with E-state index in [9.17, 15) is 0 Å². The first-order valence-corrected chi connectivity index (χ1v) is 5.05. The van der Waals surface area contributed by atoms with Crippen LogP contribution in [0.1, 0.15) is 5.56 Å². The summed E-state index contributed by atoms with van der Waals surface area (Å²) >= 11 is 0.941. The summed E-state index contributed by atoms with van der Waals surface area (Å²) in [7, 11) is 0. The van der Waals surface area contributed by atoms with Gasteiger partial charge in [-0.05, 0) is 36.8 Å². The van der Waals surface area contributed by atoms with Crippen LogP contribution in [-0.2, 0) is 9.37 Å². The number of fused-ring (bicyclic) bond motifs is 1. The van der Waals surface area contributed by atoms with Crippen molar-refractivity contribution < 1.29 is 14.6 Å². The third-order valence-corrected chi connectivity index (χ3v) is 2.53. The maximum Gasteiger partial charge on any atom is 0.0714 e. The molecule has 0 aliphatic carbocycles. The van der Waals surface area contributed by atoms with E-state index in [1.165, 1.54) is 0 Å². The molecule has 0 saturated carbocycles. The molecule has 0 bridgehead atoms. The van der Waals surface area contributed by atoms with Crippen LogP contribution in [0.3, 0.4) is 0 Å². The SMILES string of the molecule is Cc1cnc2ccc(SOOO)cc2c1. The van der Waals surface area contributed by atoms with E-state index >= 15 is 0 Å². The van der Waals surface area contributed by atoms with Gasteiger partial charge in [-0.25, -0.2) is 5.26 Å². The lowest BCUT2D eigenvalue weighted by Gasteiger charge is -2.01. The maximum atomic E-state index is 8.03. The largest absolute Gasteiger partial charge is 0.256 e. The third kappa shape index (κ3) is 2.45. The Hall–Kier alpha value is -1.14. The Morgan fingerprint density at radius 2 is 2.20 bits per heavy atom. The molecule has 78 valence electrons. The Morgan fingerprint density at radius 3 is 3.00 bits per heavy atom. The Balaban J connectivity index is 2.36. The first-order chi connectivity index (χ1) is 7.29. The second-order valence-corrected chi connectivity index (χ2v) is 3.87. The predicted octanol–water partition coefficient (Wildman–Crippen LogP) is 2.97. The van der Waals surface area contributed by atoms with Crippen molar-refractivity contribution in [3.63, 3.8) is 0 Å². The molecule has 1 N–H and O–H groups in total. The minimum Gasteiger partial charge on any atom is -0.256 e. The van der Waals surface area contributed by atoms with Crippen LogP contribution in [0.25, 0.3) is 10.9 Å². The molecular formula is C10H9NO3S. The van der Waals surface area contributed by atoms with Crippen molar-refractivity contribution in [2.75, 3.05) is 0 Å². The van der Waals surface area contributed by atoms with Crippen molar-refractivity contribution in [2.45, 2.75) is 11.8 Å². The number of benzene rings is 1. The standard InChI is InChI=1S/C10H9NO3S/c1-7-4-8-5-9(15-14-13-12)2-3-10(8)11-6-7/h2-6,12H,1H3. The molecular weight excluding hydrogens is 214 g/mol. The molecule has 0 fully saturated rings. The summed E-state index contributed by atoms with van der Waals surface area (Å²) in [5.74, 6) is 0. The highest BCUT2D eigenvalue weighted by Crippen LogP contribution is 2.23. The van der Waals surface area contributed by atoms with Gasteiger partial charge >= 0.3 is 0 Å². The minimum atomic E-state index is 0.837. The van der Waals surface area contributed by atoms with E-state index in [-0.39, 0.29) is 0 Å². The topological polar surface area (TPSA) is 51.6 Å². The van der Waals surface area contributed by atoms with Crippen LogP contribution < -0.4 is 0 Å². The van der Waals surface area contributed by atoms with Crippen LogP contribution in [0.5, 0.6) is 0 Å². The van der Waals surface area contributed by atoms with E-state index in [0.29, 0.717) is 0 Å². The smallest absolute Gasteiger partial charge is 0.0714 e. The normalized spacial score (nSPS) is 10.8. The summed E-state index contributed by atoms with van der Waals surface area (Å²) < 4.78 is 4.35. The van der Waals surface area contributed by atoms with Gasteiger partial charge in [0.2, 0.25) is 0 Å². The van der Waals surface area contributed by atoms with Crippen LogP contribution in [0.15, 0.2) is 35.4 Å². The van der Waals surface area contributed by atoms with Crippen LogP contribution >= 0.6 is 12.0 Å². The highest BCUT2D eigenvalue weighted by atomic mass is 32.2. The average Bonchev–Trinajstić information content (AvgIpc) is 2.25. The fourth-order valence-electron chi connectivity index (χ4n) is 1.33. The number of hydrogen-bond acceptors (Lipinski definition) is 5. The molecule has 0 radical (unpaired) electrons. The molecule has 0 amide bonds. The van der Waals surface area contributed by atoms with Gasteiger partial charge in [0.1, 0.15) is 0 Å². The zero-order chi connectivity index (χ0) is 10.7. The summed E-state index contributed by atoms with van der Waals surface area (Å²) in [6.07, 6.45) is 1.82. The molecule has 5 heteroatoms. The number of aromatic nitrogens is 1. The van der Waals surface area contributed by atoms with Crippen molar-refractivity contribution in [1.82, 2.24) is 4.98 Å². The molecule has 1 aromatic heterocycles. The summed E-state index contributed by atoms with van der Waals surface area (Å²) in [4.78, 5) is 5.11. The Kier molecular flexibility index (Phi) is 3.17. The van der Waals surface area contributed by atoms with Crippen molar-refractivity contribution in [2.24, 2.45) is 0 Å². The van der Waals surface area contributed by atoms with Gasteiger partial charge < -0.3 is 0 Å². The van der Waals surface area contributed by atoms with E-state index < -0.39 is 0 Å². The molecule has 0 aliphatic heterocycles. The molecule has 1 aromatic carbocycles. The zero-order valence-corrected chi connectivity index (χ0v) is 8.82. The van der Waals surface area contributed by atoms with Crippen molar-refractivity contribution in [3.05, 3.63) is 36.0 Å². The van der Waals surface area contributed by atoms with Gasteiger partial charge in [-0.3, -0.25) is 4.98 Å². The summed E-state index contributed by atoms with van der Waals surface area (Å²) in [6.45, 7) is 1.99. The highest BCUT2D eigenvalue weighted by Gasteiger charge is 1.99. The van der Waals surface area contributed by atoms with Gasteiger partial charge in [0.25, 0.3) is 0 Å². The van der Waals surface area contributed by atoms with Crippen LogP contribution in [-0.4, -0.2) is 10.2 Å². The van der Waals surface area contributed by atoms with Crippen molar-refractivity contribution in [1.29, 1.82) is 0 Å². The molecule has 0 unspecified atom stereocenters. The Bertz CT molecular complexity index is 475. The first-order valence-electron chi connectivity index (χ1n) is 4.31. The Morgan fingerprint density at radius 1 is 1.33 bits per heavy atom. The number of nitrogens with zero attached hydrogens (tertiary/aromatic N) is 1. The minimum absolute atomic E-state index is 0.837. The van der Waals surface area contributed by atoms with Crippen LogP contribution in [0.4, 0.5) is 0 Å². The Labute approximate surface area is 90.9 Å². The molecule has 0 aliphatic rings. The molecule has 2 rings (SSSR count). The molecule has 4 nitrogen and oxygen atoms in total. The second kappa shape index (κ2) is 4.59. The van der Waals surface area contributed by atoms with Gasteiger partial charge in [0.05, 0.1) is 17.6 Å². The molecule has 2 aromatic rings. The summed E-state index contributed by atoms with van der Waals surface area (Å²) in [5.41, 5.74) is 2.03. The van der Waals surface area contributed by atoms with Gasteiger partial charge in [-0.2, -0.15) is 0 Å². The van der Waals surface area contributed by atoms with Crippen LogP contribution in [0, 0.1) is 6.92 Å². The average molecular weight is 223 g/mol. The number of hydrogen-bond donors (Lipinski definition) is 1. The lowest BCUT2D eigenvalue weighted by atomic mass is 10.2. The van der Waals surface area contributed by atoms with E-state index in [1.54, 1.807) is 0 Å². The van der Waals surface area contributed by atoms with E-state index in [2.05, 4.69) is 14.4 Å². The van der Waals surface area contributed by atoms with Gasteiger partial charge in [0.15, 0.2) is 0 Å².